The summed E-state index contributed by atoms with van der Waals surface area (Å²) in [5.74, 6) is 0.819. The maximum Gasteiger partial charge on any atom is 0.191 e. The molecule has 2 aromatic rings. The molecule has 1 aliphatic rings. The number of sulfone groups is 1. The molecule has 0 saturated heterocycles. The standard InChI is InChI=1S/C22H31N3O2S2.HI/c1-23-21(24-15-12-18-8-10-19(11-9-18)29(2,26)27)25-17-22(13-4-3-5-14-22)20-7-6-16-28-20;/h6-11,16H,3-5,12-15,17H2,1-2H3,(H2,23,24,25);1H. The molecule has 2 N–H and O–H groups in total. The van der Waals surface area contributed by atoms with Crippen molar-refractivity contribution in [2.75, 3.05) is 26.4 Å². The molecule has 1 aliphatic carbocycles. The largest absolute Gasteiger partial charge is 0.356 e. The normalized spacial score (nSPS) is 16.5. The molecule has 5 nitrogen and oxygen atoms in total. The maximum atomic E-state index is 11.6. The Morgan fingerprint density at radius 2 is 1.80 bits per heavy atom. The molecule has 8 heteroatoms. The van der Waals surface area contributed by atoms with Crippen LogP contribution in [0.25, 0.3) is 0 Å². The molecule has 1 heterocycles. The van der Waals surface area contributed by atoms with Gasteiger partial charge >= 0.3 is 0 Å². The molecule has 1 saturated carbocycles. The molecule has 0 bridgehead atoms. The predicted molar refractivity (Wildman–Crippen MR) is 137 cm³/mol. The number of guanidine groups is 1. The van der Waals surface area contributed by atoms with Gasteiger partial charge in [-0.1, -0.05) is 37.5 Å². The highest BCUT2D eigenvalue weighted by Gasteiger charge is 2.34. The van der Waals surface area contributed by atoms with Gasteiger partial charge in [-0.3, -0.25) is 4.99 Å². The lowest BCUT2D eigenvalue weighted by Gasteiger charge is -2.37. The summed E-state index contributed by atoms with van der Waals surface area (Å²) >= 11 is 1.86. The summed E-state index contributed by atoms with van der Waals surface area (Å²) in [6.07, 6.45) is 8.39. The fourth-order valence-corrected chi connectivity index (χ4v) is 5.64. The van der Waals surface area contributed by atoms with E-state index in [0.717, 1.165) is 31.0 Å². The van der Waals surface area contributed by atoms with Crippen molar-refractivity contribution in [2.45, 2.75) is 48.8 Å². The summed E-state index contributed by atoms with van der Waals surface area (Å²) in [5, 5.41) is 9.11. The first-order valence-electron chi connectivity index (χ1n) is 10.2. The number of hydrogen-bond donors (Lipinski definition) is 2. The van der Waals surface area contributed by atoms with Crippen LogP contribution in [-0.2, 0) is 21.7 Å². The van der Waals surface area contributed by atoms with Gasteiger partial charge < -0.3 is 10.6 Å². The molecule has 3 rings (SSSR count). The molecule has 166 valence electrons. The van der Waals surface area contributed by atoms with Crippen molar-refractivity contribution in [3.8, 4) is 0 Å². The average molecular weight is 562 g/mol. The molecule has 0 atom stereocenters. The molecule has 30 heavy (non-hydrogen) atoms. The Morgan fingerprint density at radius 1 is 1.10 bits per heavy atom. The monoisotopic (exact) mass is 561 g/mol. The second-order valence-electron chi connectivity index (χ2n) is 7.84. The van der Waals surface area contributed by atoms with E-state index in [-0.39, 0.29) is 29.4 Å². The van der Waals surface area contributed by atoms with E-state index in [2.05, 4.69) is 33.1 Å². The number of hydrogen-bond acceptors (Lipinski definition) is 4. The van der Waals surface area contributed by atoms with Crippen molar-refractivity contribution in [1.82, 2.24) is 10.6 Å². The van der Waals surface area contributed by atoms with Crippen LogP contribution in [0.5, 0.6) is 0 Å². The van der Waals surface area contributed by atoms with E-state index >= 15 is 0 Å². The van der Waals surface area contributed by atoms with Crippen LogP contribution in [0.15, 0.2) is 51.7 Å². The Labute approximate surface area is 201 Å². The smallest absolute Gasteiger partial charge is 0.191 e. The minimum absolute atomic E-state index is 0. The van der Waals surface area contributed by atoms with Gasteiger partial charge in [0.15, 0.2) is 15.8 Å². The SMILES string of the molecule is CN=C(NCCc1ccc(S(C)(=O)=O)cc1)NCC1(c2cccs2)CCCCC1.I. The molecular formula is C22H32IN3O2S2. The molecule has 1 fully saturated rings. The van der Waals surface area contributed by atoms with Crippen molar-refractivity contribution >= 4 is 51.1 Å². The zero-order valence-corrected chi connectivity index (χ0v) is 21.7. The minimum Gasteiger partial charge on any atom is -0.356 e. The average Bonchev–Trinajstić information content (AvgIpc) is 3.26. The van der Waals surface area contributed by atoms with Crippen LogP contribution in [0.4, 0.5) is 0 Å². The van der Waals surface area contributed by atoms with Gasteiger partial charge in [-0.25, -0.2) is 8.42 Å². The number of benzene rings is 1. The lowest BCUT2D eigenvalue weighted by molar-refractivity contribution is 0.296. The summed E-state index contributed by atoms with van der Waals surface area (Å²) < 4.78 is 23.1. The van der Waals surface area contributed by atoms with Crippen LogP contribution in [0.3, 0.4) is 0 Å². The molecule has 0 amide bonds. The van der Waals surface area contributed by atoms with Crippen molar-refractivity contribution in [3.05, 3.63) is 52.2 Å². The van der Waals surface area contributed by atoms with Gasteiger partial charge in [-0.15, -0.1) is 35.3 Å². The summed E-state index contributed by atoms with van der Waals surface area (Å²) in [7, 11) is -1.34. The summed E-state index contributed by atoms with van der Waals surface area (Å²) in [6, 6.07) is 11.5. The summed E-state index contributed by atoms with van der Waals surface area (Å²) in [4.78, 5) is 6.22. The van der Waals surface area contributed by atoms with E-state index in [4.69, 9.17) is 0 Å². The lowest BCUT2D eigenvalue weighted by Crippen LogP contribution is -2.46. The Balaban J connectivity index is 0.00000320. The Bertz CT molecular complexity index is 904. The lowest BCUT2D eigenvalue weighted by atomic mass is 9.73. The molecule has 1 aromatic carbocycles. The van der Waals surface area contributed by atoms with Crippen molar-refractivity contribution < 1.29 is 8.42 Å². The Morgan fingerprint density at radius 3 is 2.37 bits per heavy atom. The second kappa shape index (κ2) is 11.5. The van der Waals surface area contributed by atoms with Gasteiger partial charge in [-0.2, -0.15) is 0 Å². The second-order valence-corrected chi connectivity index (χ2v) is 10.8. The van der Waals surface area contributed by atoms with Gasteiger partial charge in [0.05, 0.1) is 4.90 Å². The van der Waals surface area contributed by atoms with E-state index in [0.29, 0.717) is 4.90 Å². The quantitative estimate of drug-likeness (QED) is 0.299. The van der Waals surface area contributed by atoms with Crippen LogP contribution in [0.2, 0.25) is 0 Å². The number of rotatable bonds is 7. The molecule has 0 radical (unpaired) electrons. The first-order valence-corrected chi connectivity index (χ1v) is 13.0. The molecule has 0 unspecified atom stereocenters. The van der Waals surface area contributed by atoms with Gasteiger partial charge in [0.25, 0.3) is 0 Å². The van der Waals surface area contributed by atoms with E-state index in [1.165, 1.54) is 43.2 Å². The minimum atomic E-state index is -3.14. The predicted octanol–water partition coefficient (Wildman–Crippen LogP) is 4.38. The number of aliphatic imine (C=N–C) groups is 1. The van der Waals surface area contributed by atoms with Crippen molar-refractivity contribution in [3.63, 3.8) is 0 Å². The zero-order valence-electron chi connectivity index (χ0n) is 17.7. The van der Waals surface area contributed by atoms with Gasteiger partial charge in [0.1, 0.15) is 0 Å². The fourth-order valence-electron chi connectivity index (χ4n) is 4.02. The third-order valence-electron chi connectivity index (χ3n) is 5.73. The number of halogens is 1. The third kappa shape index (κ3) is 6.68. The van der Waals surface area contributed by atoms with Crippen LogP contribution < -0.4 is 10.6 Å². The number of thiophene rings is 1. The van der Waals surface area contributed by atoms with E-state index in [1.807, 2.05) is 23.5 Å². The third-order valence-corrected chi connectivity index (χ3v) is 7.97. The van der Waals surface area contributed by atoms with Crippen LogP contribution >= 0.6 is 35.3 Å². The highest BCUT2D eigenvalue weighted by molar-refractivity contribution is 14.0. The van der Waals surface area contributed by atoms with Gasteiger partial charge in [0.2, 0.25) is 0 Å². The highest BCUT2D eigenvalue weighted by atomic mass is 127. The topological polar surface area (TPSA) is 70.6 Å². The summed E-state index contributed by atoms with van der Waals surface area (Å²) in [5.41, 5.74) is 1.31. The van der Waals surface area contributed by atoms with Gasteiger partial charge in [0, 0.05) is 36.7 Å². The summed E-state index contributed by atoms with van der Waals surface area (Å²) in [6.45, 7) is 1.64. The number of nitrogens with zero attached hydrogens (tertiary/aromatic N) is 1. The first-order chi connectivity index (χ1) is 13.9. The zero-order chi connectivity index (χ0) is 20.7. The van der Waals surface area contributed by atoms with E-state index < -0.39 is 9.84 Å². The molecule has 0 spiro atoms. The van der Waals surface area contributed by atoms with Crippen molar-refractivity contribution in [1.29, 1.82) is 0 Å². The van der Waals surface area contributed by atoms with Crippen LogP contribution in [0, 0.1) is 0 Å². The Kier molecular flexibility index (Phi) is 9.62. The van der Waals surface area contributed by atoms with Crippen LogP contribution in [0.1, 0.15) is 42.5 Å². The Hall–Kier alpha value is -1.13. The highest BCUT2D eigenvalue weighted by Crippen LogP contribution is 2.41. The number of nitrogens with one attached hydrogen (secondary N) is 2. The first kappa shape index (κ1) is 25.1. The fraction of sp³-hybridized carbons (Fsp3) is 0.500. The van der Waals surface area contributed by atoms with E-state index in [1.54, 1.807) is 19.2 Å². The molecule has 0 aliphatic heterocycles. The van der Waals surface area contributed by atoms with Crippen molar-refractivity contribution in [2.24, 2.45) is 4.99 Å². The van der Waals surface area contributed by atoms with Gasteiger partial charge in [-0.05, 0) is 48.4 Å². The maximum absolute atomic E-state index is 11.6. The van der Waals surface area contributed by atoms with E-state index in [9.17, 15) is 8.42 Å². The van der Waals surface area contributed by atoms with Crippen LogP contribution in [-0.4, -0.2) is 40.8 Å². The molecule has 1 aromatic heterocycles. The molecular weight excluding hydrogens is 529 g/mol.